The lowest BCUT2D eigenvalue weighted by molar-refractivity contribution is 0.0692. The molecule has 1 aliphatic heterocycles. The number of imidazole rings is 1. The lowest BCUT2D eigenvalue weighted by Crippen LogP contribution is -2.20. The summed E-state index contributed by atoms with van der Waals surface area (Å²) in [4.78, 5) is 18.0. The molecule has 1 saturated heterocycles. The van der Waals surface area contributed by atoms with Gasteiger partial charge in [0.15, 0.2) is 5.69 Å². The SMILES string of the molecule is COc1cccn2c(CN3CCCC3)nc(C(=O)O)c12. The highest BCUT2D eigenvalue weighted by Gasteiger charge is 2.22. The van der Waals surface area contributed by atoms with Gasteiger partial charge in [0, 0.05) is 6.20 Å². The number of methoxy groups -OCH3 is 1. The fraction of sp³-hybridized carbons (Fsp3) is 0.429. The molecule has 3 rings (SSSR count). The Hall–Kier alpha value is -2.08. The van der Waals surface area contributed by atoms with Crippen LogP contribution >= 0.6 is 0 Å². The Morgan fingerprint density at radius 3 is 2.85 bits per heavy atom. The van der Waals surface area contributed by atoms with Gasteiger partial charge in [-0.25, -0.2) is 9.78 Å². The quantitative estimate of drug-likeness (QED) is 0.918. The first-order valence-corrected chi connectivity index (χ1v) is 6.70. The van der Waals surface area contributed by atoms with Crippen molar-refractivity contribution in [2.24, 2.45) is 0 Å². The molecule has 0 amide bonds. The minimum Gasteiger partial charge on any atom is -0.494 e. The predicted molar refractivity (Wildman–Crippen MR) is 73.2 cm³/mol. The van der Waals surface area contributed by atoms with Crippen molar-refractivity contribution in [2.45, 2.75) is 19.4 Å². The molecular formula is C14H17N3O3. The summed E-state index contributed by atoms with van der Waals surface area (Å²) < 4.78 is 7.08. The van der Waals surface area contributed by atoms with Crippen LogP contribution in [0.4, 0.5) is 0 Å². The molecule has 0 spiro atoms. The van der Waals surface area contributed by atoms with Crippen molar-refractivity contribution in [1.82, 2.24) is 14.3 Å². The number of rotatable bonds is 4. The van der Waals surface area contributed by atoms with E-state index in [-0.39, 0.29) is 5.69 Å². The molecule has 6 nitrogen and oxygen atoms in total. The topological polar surface area (TPSA) is 67.1 Å². The number of hydrogen-bond acceptors (Lipinski definition) is 4. The summed E-state index contributed by atoms with van der Waals surface area (Å²) in [6.45, 7) is 2.75. The lowest BCUT2D eigenvalue weighted by atomic mass is 10.3. The van der Waals surface area contributed by atoms with Gasteiger partial charge in [0.25, 0.3) is 0 Å². The average Bonchev–Trinajstić information content (AvgIpc) is 3.07. The second-order valence-corrected chi connectivity index (χ2v) is 4.96. The minimum atomic E-state index is -1.03. The maximum Gasteiger partial charge on any atom is 0.356 e. The maximum atomic E-state index is 11.4. The van der Waals surface area contributed by atoms with Crippen LogP contribution in [0, 0.1) is 0 Å². The Kier molecular flexibility index (Phi) is 3.31. The highest BCUT2D eigenvalue weighted by Crippen LogP contribution is 2.25. The van der Waals surface area contributed by atoms with Gasteiger partial charge >= 0.3 is 5.97 Å². The van der Waals surface area contributed by atoms with Gasteiger partial charge in [-0.3, -0.25) is 9.30 Å². The Labute approximate surface area is 116 Å². The second-order valence-electron chi connectivity index (χ2n) is 4.96. The zero-order chi connectivity index (χ0) is 14.1. The van der Waals surface area contributed by atoms with Crippen LogP contribution in [0.3, 0.4) is 0 Å². The zero-order valence-electron chi connectivity index (χ0n) is 11.4. The Morgan fingerprint density at radius 2 is 2.20 bits per heavy atom. The molecule has 1 fully saturated rings. The first-order chi connectivity index (χ1) is 9.70. The van der Waals surface area contributed by atoms with Gasteiger partial charge in [-0.05, 0) is 38.1 Å². The van der Waals surface area contributed by atoms with E-state index in [9.17, 15) is 9.90 Å². The number of carbonyl (C=O) groups is 1. The summed E-state index contributed by atoms with van der Waals surface area (Å²) >= 11 is 0. The summed E-state index contributed by atoms with van der Waals surface area (Å²) in [5.74, 6) is 0.253. The van der Waals surface area contributed by atoms with E-state index in [0.29, 0.717) is 17.8 Å². The average molecular weight is 275 g/mol. The molecule has 0 atom stereocenters. The normalized spacial score (nSPS) is 15.8. The Bertz CT molecular complexity index is 644. The lowest BCUT2D eigenvalue weighted by Gasteiger charge is -2.13. The minimum absolute atomic E-state index is 0.0525. The first kappa shape index (κ1) is 12.9. The van der Waals surface area contributed by atoms with Crippen LogP contribution in [-0.4, -0.2) is 45.6 Å². The highest BCUT2D eigenvalue weighted by molar-refractivity contribution is 5.95. The van der Waals surface area contributed by atoms with E-state index in [0.717, 1.165) is 18.9 Å². The zero-order valence-corrected chi connectivity index (χ0v) is 11.4. The van der Waals surface area contributed by atoms with E-state index in [4.69, 9.17) is 4.74 Å². The van der Waals surface area contributed by atoms with E-state index in [1.807, 2.05) is 16.7 Å². The maximum absolute atomic E-state index is 11.4. The highest BCUT2D eigenvalue weighted by atomic mass is 16.5. The standard InChI is InChI=1S/C14H17N3O3/c1-20-10-5-4-8-17-11(9-16-6-2-3-7-16)15-12(13(10)17)14(18)19/h4-5,8H,2-3,6-7,9H2,1H3,(H,18,19). The molecule has 0 saturated carbocycles. The fourth-order valence-electron chi connectivity index (χ4n) is 2.74. The van der Waals surface area contributed by atoms with Crippen molar-refractivity contribution < 1.29 is 14.6 Å². The van der Waals surface area contributed by atoms with E-state index < -0.39 is 5.97 Å². The molecule has 2 aromatic heterocycles. The third kappa shape index (κ3) is 2.12. The number of nitrogens with zero attached hydrogens (tertiary/aromatic N) is 3. The number of pyridine rings is 1. The number of carboxylic acids is 1. The molecule has 0 unspecified atom stereocenters. The summed E-state index contributed by atoms with van der Waals surface area (Å²) in [6, 6.07) is 3.59. The van der Waals surface area contributed by atoms with Gasteiger partial charge < -0.3 is 9.84 Å². The fourth-order valence-corrected chi connectivity index (χ4v) is 2.74. The van der Waals surface area contributed by atoms with Crippen molar-refractivity contribution >= 4 is 11.5 Å². The van der Waals surface area contributed by atoms with Crippen molar-refractivity contribution in [3.8, 4) is 5.75 Å². The number of aromatic carboxylic acids is 1. The number of aromatic nitrogens is 2. The molecule has 20 heavy (non-hydrogen) atoms. The predicted octanol–water partition coefficient (Wildman–Crippen LogP) is 1.64. The third-order valence-corrected chi connectivity index (χ3v) is 3.69. The van der Waals surface area contributed by atoms with E-state index in [1.165, 1.54) is 20.0 Å². The van der Waals surface area contributed by atoms with E-state index in [2.05, 4.69) is 9.88 Å². The molecule has 0 aromatic carbocycles. The molecule has 0 radical (unpaired) electrons. The van der Waals surface area contributed by atoms with Gasteiger partial charge in [-0.1, -0.05) is 0 Å². The van der Waals surface area contributed by atoms with E-state index in [1.54, 1.807) is 6.07 Å². The first-order valence-electron chi connectivity index (χ1n) is 6.70. The molecule has 0 aliphatic carbocycles. The number of ether oxygens (including phenoxy) is 1. The van der Waals surface area contributed by atoms with Crippen LogP contribution in [-0.2, 0) is 6.54 Å². The molecule has 1 aliphatic rings. The molecule has 106 valence electrons. The van der Waals surface area contributed by atoms with Crippen molar-refractivity contribution in [1.29, 1.82) is 0 Å². The number of carboxylic acid groups (broad SMARTS) is 1. The van der Waals surface area contributed by atoms with Crippen LogP contribution in [0.25, 0.3) is 5.52 Å². The summed E-state index contributed by atoms with van der Waals surface area (Å²) in [5, 5.41) is 9.33. The van der Waals surface area contributed by atoms with Gasteiger partial charge in [0.2, 0.25) is 0 Å². The third-order valence-electron chi connectivity index (χ3n) is 3.69. The van der Waals surface area contributed by atoms with Crippen LogP contribution in [0.1, 0.15) is 29.2 Å². The van der Waals surface area contributed by atoms with Gasteiger partial charge in [0.05, 0.1) is 13.7 Å². The largest absolute Gasteiger partial charge is 0.494 e. The van der Waals surface area contributed by atoms with Crippen LogP contribution < -0.4 is 4.74 Å². The summed E-state index contributed by atoms with van der Waals surface area (Å²) in [7, 11) is 1.54. The van der Waals surface area contributed by atoms with Crippen molar-refractivity contribution in [3.63, 3.8) is 0 Å². The Morgan fingerprint density at radius 1 is 1.45 bits per heavy atom. The molecular weight excluding hydrogens is 258 g/mol. The summed E-state index contributed by atoms with van der Waals surface area (Å²) in [5.41, 5.74) is 0.577. The smallest absolute Gasteiger partial charge is 0.356 e. The number of likely N-dealkylation sites (tertiary alicyclic amines) is 1. The molecule has 3 heterocycles. The molecule has 1 N–H and O–H groups in total. The van der Waals surface area contributed by atoms with E-state index >= 15 is 0 Å². The van der Waals surface area contributed by atoms with Crippen molar-refractivity contribution in [2.75, 3.05) is 20.2 Å². The monoisotopic (exact) mass is 275 g/mol. The number of fused-ring (bicyclic) bond motifs is 1. The molecule has 2 aromatic rings. The van der Waals surface area contributed by atoms with Gasteiger partial charge in [0.1, 0.15) is 17.1 Å². The van der Waals surface area contributed by atoms with Crippen LogP contribution in [0.15, 0.2) is 18.3 Å². The number of hydrogen-bond donors (Lipinski definition) is 1. The van der Waals surface area contributed by atoms with Gasteiger partial charge in [-0.2, -0.15) is 0 Å². The van der Waals surface area contributed by atoms with Crippen LogP contribution in [0.5, 0.6) is 5.75 Å². The van der Waals surface area contributed by atoms with Crippen LogP contribution in [0.2, 0.25) is 0 Å². The molecule has 0 bridgehead atoms. The van der Waals surface area contributed by atoms with Crippen molar-refractivity contribution in [3.05, 3.63) is 29.8 Å². The summed E-state index contributed by atoms with van der Waals surface area (Å²) in [6.07, 6.45) is 4.22. The van der Waals surface area contributed by atoms with Gasteiger partial charge in [-0.15, -0.1) is 0 Å². The second kappa shape index (κ2) is 5.13. The Balaban J connectivity index is 2.10. The molecule has 6 heteroatoms.